The highest BCUT2D eigenvalue weighted by Crippen LogP contribution is 2.36. The Labute approximate surface area is 198 Å². The number of nitrogens with one attached hydrogen (secondary N) is 1. The standard InChI is InChI=1S/C27H28FN3O3/c1-19-6-8-20(9-7-19)27(32)29-17-24(21-10-11-25-26(16-21)34-18-33-25)31-14-12-30(13-15-31)23-5-3-2-4-22(23)28/h2-11,16,24H,12-15,17-18H2,1H3,(H,29,32)/t24-/m0/s1. The van der Waals surface area contributed by atoms with Gasteiger partial charge in [-0.25, -0.2) is 4.39 Å². The Hall–Kier alpha value is -3.58. The number of amides is 1. The molecule has 1 N–H and O–H groups in total. The fourth-order valence-corrected chi connectivity index (χ4v) is 4.56. The molecule has 7 heteroatoms. The number of nitrogens with zero attached hydrogens (tertiary/aromatic N) is 2. The van der Waals surface area contributed by atoms with Crippen LogP contribution in [0.4, 0.5) is 10.1 Å². The van der Waals surface area contributed by atoms with Crippen molar-refractivity contribution in [3.63, 3.8) is 0 Å². The van der Waals surface area contributed by atoms with Gasteiger partial charge in [0.1, 0.15) is 5.82 Å². The lowest BCUT2D eigenvalue weighted by molar-refractivity contribution is 0.0930. The number of carbonyl (C=O) groups excluding carboxylic acids is 1. The summed E-state index contributed by atoms with van der Waals surface area (Å²) in [6.07, 6.45) is 0. The number of anilines is 1. The van der Waals surface area contributed by atoms with E-state index in [0.717, 1.165) is 35.7 Å². The molecular formula is C27H28FN3O3. The zero-order chi connectivity index (χ0) is 23.5. The van der Waals surface area contributed by atoms with Crippen LogP contribution in [-0.2, 0) is 0 Å². The van der Waals surface area contributed by atoms with Gasteiger partial charge in [-0.15, -0.1) is 0 Å². The minimum absolute atomic E-state index is 0.0494. The average Bonchev–Trinajstić information content (AvgIpc) is 3.33. The van der Waals surface area contributed by atoms with Crippen LogP contribution in [-0.4, -0.2) is 50.3 Å². The zero-order valence-corrected chi connectivity index (χ0v) is 19.2. The summed E-state index contributed by atoms with van der Waals surface area (Å²) in [4.78, 5) is 17.2. The highest BCUT2D eigenvalue weighted by Gasteiger charge is 2.28. The topological polar surface area (TPSA) is 54.0 Å². The molecule has 6 nitrogen and oxygen atoms in total. The van der Waals surface area contributed by atoms with Crippen molar-refractivity contribution >= 4 is 11.6 Å². The molecule has 1 fully saturated rings. The Balaban J connectivity index is 1.32. The lowest BCUT2D eigenvalue weighted by Gasteiger charge is -2.40. The summed E-state index contributed by atoms with van der Waals surface area (Å²) in [7, 11) is 0. The summed E-state index contributed by atoms with van der Waals surface area (Å²) in [5.41, 5.74) is 3.43. The number of ether oxygens (including phenoxy) is 2. The normalized spacial score (nSPS) is 16.4. The van der Waals surface area contributed by atoms with Crippen LogP contribution in [0.5, 0.6) is 11.5 Å². The van der Waals surface area contributed by atoms with E-state index in [4.69, 9.17) is 9.47 Å². The molecule has 0 saturated carbocycles. The molecule has 0 unspecified atom stereocenters. The third-order valence-corrected chi connectivity index (χ3v) is 6.50. The van der Waals surface area contributed by atoms with Crippen LogP contribution in [0.1, 0.15) is 27.5 Å². The number of carbonyl (C=O) groups is 1. The van der Waals surface area contributed by atoms with Crippen LogP contribution in [0.2, 0.25) is 0 Å². The van der Waals surface area contributed by atoms with Crippen molar-refractivity contribution in [2.24, 2.45) is 0 Å². The maximum absolute atomic E-state index is 14.3. The second-order valence-corrected chi connectivity index (χ2v) is 8.68. The molecule has 1 saturated heterocycles. The Morgan fingerprint density at radius 2 is 1.71 bits per heavy atom. The molecule has 0 bridgehead atoms. The maximum atomic E-state index is 14.3. The van der Waals surface area contributed by atoms with Crippen LogP contribution in [0.15, 0.2) is 66.7 Å². The van der Waals surface area contributed by atoms with Gasteiger partial charge in [-0.3, -0.25) is 9.69 Å². The SMILES string of the molecule is Cc1ccc(C(=O)NC[C@@H](c2ccc3c(c2)OCO3)N2CCN(c3ccccc3F)CC2)cc1. The Bertz CT molecular complexity index is 1160. The first-order chi connectivity index (χ1) is 16.6. The highest BCUT2D eigenvalue weighted by molar-refractivity contribution is 5.94. The monoisotopic (exact) mass is 461 g/mol. The molecule has 2 heterocycles. The highest BCUT2D eigenvalue weighted by atomic mass is 19.1. The van der Waals surface area contributed by atoms with Crippen molar-refractivity contribution < 1.29 is 18.7 Å². The van der Waals surface area contributed by atoms with Crippen molar-refractivity contribution in [3.8, 4) is 11.5 Å². The van der Waals surface area contributed by atoms with Gasteiger partial charge in [0.05, 0.1) is 11.7 Å². The summed E-state index contributed by atoms with van der Waals surface area (Å²) in [6, 6.07) is 20.3. The molecule has 176 valence electrons. The summed E-state index contributed by atoms with van der Waals surface area (Å²) < 4.78 is 25.4. The third-order valence-electron chi connectivity index (χ3n) is 6.50. The summed E-state index contributed by atoms with van der Waals surface area (Å²) in [5, 5.41) is 3.11. The van der Waals surface area contributed by atoms with Gasteiger partial charge in [-0.05, 0) is 48.9 Å². The van der Waals surface area contributed by atoms with E-state index >= 15 is 0 Å². The molecule has 3 aromatic rings. The van der Waals surface area contributed by atoms with E-state index < -0.39 is 0 Å². The third kappa shape index (κ3) is 4.70. The van der Waals surface area contributed by atoms with Gasteiger partial charge >= 0.3 is 0 Å². The molecule has 2 aliphatic rings. The van der Waals surface area contributed by atoms with Gasteiger partial charge in [0.2, 0.25) is 6.79 Å². The van der Waals surface area contributed by atoms with Gasteiger partial charge in [-0.1, -0.05) is 35.9 Å². The molecular weight excluding hydrogens is 433 g/mol. The van der Waals surface area contributed by atoms with Crippen molar-refractivity contribution in [1.29, 1.82) is 0 Å². The quantitative estimate of drug-likeness (QED) is 0.598. The van der Waals surface area contributed by atoms with Gasteiger partial charge in [-0.2, -0.15) is 0 Å². The van der Waals surface area contributed by atoms with Gasteiger partial charge in [0.25, 0.3) is 5.91 Å². The molecule has 1 amide bonds. The fraction of sp³-hybridized carbons (Fsp3) is 0.296. The molecule has 0 aromatic heterocycles. The minimum Gasteiger partial charge on any atom is -0.454 e. The Kier molecular flexibility index (Phi) is 6.36. The van der Waals surface area contributed by atoms with E-state index in [9.17, 15) is 9.18 Å². The van der Waals surface area contributed by atoms with E-state index in [2.05, 4.69) is 15.1 Å². The fourth-order valence-electron chi connectivity index (χ4n) is 4.56. The molecule has 5 rings (SSSR count). The number of benzene rings is 3. The van der Waals surface area contributed by atoms with Gasteiger partial charge in [0, 0.05) is 38.3 Å². The number of para-hydroxylation sites is 1. The number of hydrogen-bond donors (Lipinski definition) is 1. The first kappa shape index (κ1) is 22.2. The van der Waals surface area contributed by atoms with Crippen molar-refractivity contribution in [3.05, 3.63) is 89.2 Å². The number of hydrogen-bond acceptors (Lipinski definition) is 5. The maximum Gasteiger partial charge on any atom is 0.251 e. The predicted molar refractivity (Wildman–Crippen MR) is 129 cm³/mol. The second kappa shape index (κ2) is 9.73. The van der Waals surface area contributed by atoms with Crippen LogP contribution in [0.3, 0.4) is 0 Å². The van der Waals surface area contributed by atoms with Gasteiger partial charge in [0.15, 0.2) is 11.5 Å². The predicted octanol–water partition coefficient (Wildman–Crippen LogP) is 4.16. The van der Waals surface area contributed by atoms with E-state index in [0.29, 0.717) is 30.9 Å². The average molecular weight is 462 g/mol. The molecule has 1 atom stereocenters. The smallest absolute Gasteiger partial charge is 0.251 e. The van der Waals surface area contributed by atoms with Crippen LogP contribution >= 0.6 is 0 Å². The van der Waals surface area contributed by atoms with E-state index in [-0.39, 0.29) is 24.6 Å². The number of fused-ring (bicyclic) bond motifs is 1. The van der Waals surface area contributed by atoms with E-state index in [1.54, 1.807) is 6.07 Å². The lowest BCUT2D eigenvalue weighted by atomic mass is 10.0. The summed E-state index contributed by atoms with van der Waals surface area (Å²) in [6.45, 7) is 5.56. The molecule has 0 spiro atoms. The molecule has 3 aromatic carbocycles. The first-order valence-corrected chi connectivity index (χ1v) is 11.6. The number of aryl methyl sites for hydroxylation is 1. The van der Waals surface area contributed by atoms with Crippen LogP contribution < -0.4 is 19.7 Å². The minimum atomic E-state index is -0.200. The van der Waals surface area contributed by atoms with Crippen LogP contribution in [0, 0.1) is 12.7 Å². The number of piperazine rings is 1. The first-order valence-electron chi connectivity index (χ1n) is 11.6. The van der Waals surface area contributed by atoms with Crippen molar-refractivity contribution in [1.82, 2.24) is 10.2 Å². The largest absolute Gasteiger partial charge is 0.454 e. The number of rotatable bonds is 6. The second-order valence-electron chi connectivity index (χ2n) is 8.68. The molecule has 0 radical (unpaired) electrons. The van der Waals surface area contributed by atoms with Gasteiger partial charge < -0.3 is 19.7 Å². The summed E-state index contributed by atoms with van der Waals surface area (Å²) >= 11 is 0. The lowest BCUT2D eigenvalue weighted by Crippen LogP contribution is -2.50. The molecule has 2 aliphatic heterocycles. The van der Waals surface area contributed by atoms with E-state index in [1.165, 1.54) is 6.07 Å². The van der Waals surface area contributed by atoms with Crippen molar-refractivity contribution in [2.75, 3.05) is 44.4 Å². The summed E-state index contributed by atoms with van der Waals surface area (Å²) in [5.74, 6) is 1.15. The Morgan fingerprint density at radius 1 is 0.971 bits per heavy atom. The number of halogens is 1. The molecule has 0 aliphatic carbocycles. The van der Waals surface area contributed by atoms with Crippen LogP contribution in [0.25, 0.3) is 0 Å². The molecule has 34 heavy (non-hydrogen) atoms. The van der Waals surface area contributed by atoms with E-state index in [1.807, 2.05) is 61.5 Å². The Morgan fingerprint density at radius 3 is 2.47 bits per heavy atom. The zero-order valence-electron chi connectivity index (χ0n) is 19.2. The van der Waals surface area contributed by atoms with Crippen molar-refractivity contribution in [2.45, 2.75) is 13.0 Å².